The maximum atomic E-state index is 12.3. The highest BCUT2D eigenvalue weighted by atomic mass is 19.4. The largest absolute Gasteiger partial charge is 0.480 e. The Morgan fingerprint density at radius 3 is 2.12 bits per heavy atom. The molecule has 4 nitrogen and oxygen atoms in total. The highest BCUT2D eigenvalue weighted by Gasteiger charge is 2.58. The van der Waals surface area contributed by atoms with Gasteiger partial charge >= 0.3 is 24.0 Å². The van der Waals surface area contributed by atoms with E-state index in [0.29, 0.717) is 6.08 Å². The first-order chi connectivity index (χ1) is 7.13. The van der Waals surface area contributed by atoms with Crippen molar-refractivity contribution in [3.8, 4) is 0 Å². The van der Waals surface area contributed by atoms with Gasteiger partial charge in [0.05, 0.1) is 6.08 Å². The van der Waals surface area contributed by atoms with Gasteiger partial charge in [0.25, 0.3) is 0 Å². The van der Waals surface area contributed by atoms with E-state index in [1.807, 2.05) is 0 Å². The average Bonchev–Trinajstić information content (AvgIpc) is 2.39. The Morgan fingerprint density at radius 2 is 1.75 bits per heavy atom. The molecule has 0 unspecified atom stereocenters. The summed E-state index contributed by atoms with van der Waals surface area (Å²) >= 11 is 0. The van der Waals surface area contributed by atoms with Crippen LogP contribution in [0.1, 0.15) is 0 Å². The average molecular weight is 246 g/mol. The summed E-state index contributed by atoms with van der Waals surface area (Å²) < 4.78 is 67.2. The molecular weight excluding hydrogens is 243 g/mol. The molecule has 0 aliphatic carbocycles. The molecule has 0 N–H and O–H groups in total. The van der Waals surface area contributed by atoms with Crippen molar-refractivity contribution in [2.45, 2.75) is 12.1 Å². The number of rotatable bonds is 3. The van der Waals surface area contributed by atoms with E-state index in [1.165, 1.54) is 0 Å². The van der Waals surface area contributed by atoms with Gasteiger partial charge in [-0.25, -0.2) is 9.59 Å². The molecule has 1 aliphatic heterocycles. The fourth-order valence-electron chi connectivity index (χ4n) is 0.688. The molecule has 16 heavy (non-hydrogen) atoms. The number of hydrogen-bond donors (Lipinski definition) is 0. The summed E-state index contributed by atoms with van der Waals surface area (Å²) in [7, 11) is 0. The monoisotopic (exact) mass is 246 g/mol. The number of halogens is 5. The van der Waals surface area contributed by atoms with Gasteiger partial charge in [-0.1, -0.05) is 0 Å². The lowest BCUT2D eigenvalue weighted by Gasteiger charge is -2.19. The molecule has 0 aromatic rings. The molecule has 9 heteroatoms. The molecule has 0 spiro atoms. The first kappa shape index (κ1) is 12.4. The van der Waals surface area contributed by atoms with E-state index in [0.717, 1.165) is 0 Å². The normalized spacial score (nSPS) is 17.2. The second kappa shape index (κ2) is 3.72. The van der Waals surface area contributed by atoms with Crippen LogP contribution in [0.15, 0.2) is 11.8 Å². The van der Waals surface area contributed by atoms with Crippen LogP contribution in [0, 0.1) is 0 Å². The SMILES string of the molecule is O=C1C=C(OCC(F)(F)C(F)(F)F)C(=O)O1. The van der Waals surface area contributed by atoms with E-state index in [4.69, 9.17) is 0 Å². The van der Waals surface area contributed by atoms with Gasteiger partial charge in [-0.2, -0.15) is 22.0 Å². The van der Waals surface area contributed by atoms with Crippen LogP contribution in [0.5, 0.6) is 0 Å². The molecule has 1 heterocycles. The van der Waals surface area contributed by atoms with Gasteiger partial charge in [0.1, 0.15) is 0 Å². The number of carbonyl (C=O) groups is 2. The first-order valence-corrected chi connectivity index (χ1v) is 3.69. The number of ether oxygens (including phenoxy) is 2. The summed E-state index contributed by atoms with van der Waals surface area (Å²) in [6, 6.07) is 0. The lowest BCUT2D eigenvalue weighted by atomic mass is 10.3. The summed E-state index contributed by atoms with van der Waals surface area (Å²) in [5, 5.41) is 0. The molecule has 0 saturated heterocycles. The maximum absolute atomic E-state index is 12.3. The quantitative estimate of drug-likeness (QED) is 0.426. The maximum Gasteiger partial charge on any atom is 0.456 e. The zero-order valence-electron chi connectivity index (χ0n) is 7.31. The predicted molar refractivity (Wildman–Crippen MR) is 36.1 cm³/mol. The number of cyclic esters (lactones) is 2. The Hall–Kier alpha value is -1.67. The third-order valence-corrected chi connectivity index (χ3v) is 1.47. The Labute approximate surface area is 84.6 Å². The molecule has 0 aromatic heterocycles. The van der Waals surface area contributed by atoms with Crippen molar-refractivity contribution < 1.29 is 41.0 Å². The van der Waals surface area contributed by atoms with Crippen LogP contribution in [0.4, 0.5) is 22.0 Å². The van der Waals surface area contributed by atoms with Crippen molar-refractivity contribution in [2.75, 3.05) is 6.61 Å². The molecule has 0 saturated carbocycles. The van der Waals surface area contributed by atoms with Gasteiger partial charge in [-0.05, 0) is 0 Å². The van der Waals surface area contributed by atoms with Gasteiger partial charge in [0.2, 0.25) is 5.76 Å². The lowest BCUT2D eigenvalue weighted by molar-refractivity contribution is -0.293. The van der Waals surface area contributed by atoms with Gasteiger partial charge < -0.3 is 9.47 Å². The third-order valence-electron chi connectivity index (χ3n) is 1.47. The Balaban J connectivity index is 2.62. The van der Waals surface area contributed by atoms with Crippen LogP contribution in [0.25, 0.3) is 0 Å². The molecule has 1 rings (SSSR count). The summed E-state index contributed by atoms with van der Waals surface area (Å²) in [6.45, 7) is -2.09. The van der Waals surface area contributed by atoms with Gasteiger partial charge in [0.15, 0.2) is 6.61 Å². The van der Waals surface area contributed by atoms with Crippen LogP contribution >= 0.6 is 0 Å². The third kappa shape index (κ3) is 2.47. The van der Waals surface area contributed by atoms with Crippen LogP contribution in [0.3, 0.4) is 0 Å². The van der Waals surface area contributed by atoms with Crippen molar-refractivity contribution in [1.29, 1.82) is 0 Å². The molecule has 0 aromatic carbocycles. The van der Waals surface area contributed by atoms with Crippen molar-refractivity contribution >= 4 is 11.9 Å². The molecule has 0 fully saturated rings. The van der Waals surface area contributed by atoms with Gasteiger partial charge in [0, 0.05) is 0 Å². The molecule has 0 radical (unpaired) electrons. The first-order valence-electron chi connectivity index (χ1n) is 3.69. The summed E-state index contributed by atoms with van der Waals surface area (Å²) in [4.78, 5) is 21.0. The van der Waals surface area contributed by atoms with E-state index >= 15 is 0 Å². The van der Waals surface area contributed by atoms with Crippen molar-refractivity contribution in [1.82, 2.24) is 0 Å². The van der Waals surface area contributed by atoms with Crippen LogP contribution in [-0.2, 0) is 19.1 Å². The fourth-order valence-corrected chi connectivity index (χ4v) is 0.688. The van der Waals surface area contributed by atoms with Crippen molar-refractivity contribution in [3.63, 3.8) is 0 Å². The van der Waals surface area contributed by atoms with Gasteiger partial charge in [-0.3, -0.25) is 0 Å². The van der Waals surface area contributed by atoms with Gasteiger partial charge in [-0.15, -0.1) is 0 Å². The van der Waals surface area contributed by atoms with Crippen molar-refractivity contribution in [2.24, 2.45) is 0 Å². The van der Waals surface area contributed by atoms with E-state index < -0.39 is 36.4 Å². The molecular formula is C7H3F5O4. The second-order valence-electron chi connectivity index (χ2n) is 2.71. The molecule has 90 valence electrons. The second-order valence-corrected chi connectivity index (χ2v) is 2.71. The lowest BCUT2D eigenvalue weighted by Crippen LogP contribution is -2.40. The molecule has 1 aliphatic rings. The molecule has 0 atom stereocenters. The Kier molecular flexibility index (Phi) is 2.89. The molecule has 0 bridgehead atoms. The minimum atomic E-state index is -5.79. The Bertz CT molecular complexity index is 356. The summed E-state index contributed by atoms with van der Waals surface area (Å²) in [5.74, 6) is -8.67. The minimum absolute atomic E-state index is 0.384. The van der Waals surface area contributed by atoms with Crippen molar-refractivity contribution in [3.05, 3.63) is 11.8 Å². The standard InChI is InChI=1S/C7H3F5O4/c8-6(9,7(10,11)12)2-15-3-1-4(13)16-5(3)14/h1H,2H2. The summed E-state index contributed by atoms with van der Waals surface area (Å²) in [6.07, 6.45) is -5.41. The number of alkyl halides is 5. The Morgan fingerprint density at radius 1 is 1.19 bits per heavy atom. The van der Waals surface area contributed by atoms with Crippen LogP contribution in [0.2, 0.25) is 0 Å². The number of esters is 2. The smallest absolute Gasteiger partial charge is 0.456 e. The zero-order chi connectivity index (χ0) is 12.6. The highest BCUT2D eigenvalue weighted by molar-refractivity contribution is 6.07. The van der Waals surface area contributed by atoms with Crippen LogP contribution < -0.4 is 0 Å². The van der Waals surface area contributed by atoms with E-state index in [1.54, 1.807) is 0 Å². The van der Waals surface area contributed by atoms with E-state index in [2.05, 4.69) is 9.47 Å². The van der Waals surface area contributed by atoms with E-state index in [-0.39, 0.29) is 0 Å². The minimum Gasteiger partial charge on any atom is -0.480 e. The molecule has 0 amide bonds. The summed E-state index contributed by atoms with van der Waals surface area (Å²) in [5.41, 5.74) is 0. The fraction of sp³-hybridized carbons (Fsp3) is 0.429. The zero-order valence-corrected chi connectivity index (χ0v) is 7.31. The number of carbonyl (C=O) groups excluding carboxylic acids is 2. The van der Waals surface area contributed by atoms with Crippen LogP contribution in [-0.4, -0.2) is 30.6 Å². The van der Waals surface area contributed by atoms with E-state index in [9.17, 15) is 31.5 Å². The predicted octanol–water partition coefficient (Wildman–Crippen LogP) is 1.17. The number of hydrogen-bond acceptors (Lipinski definition) is 4. The topological polar surface area (TPSA) is 52.6 Å². The highest BCUT2D eigenvalue weighted by Crippen LogP contribution is 2.36.